The molecule has 0 radical (unpaired) electrons. The standard InChI is InChI=1S/C29H29NO2/c1-20-28(27(31)13-7-10-21-8-3-2-4-9-21)29(32-30-20)24-18-16-23(17-19-24)26-12-6-5-11-25(26)22-14-15-22/h2-6,8-9,11-12,16-19,22,27,31H,7,10,13-15H2,1H3. The van der Waals surface area contributed by atoms with E-state index in [1.54, 1.807) is 0 Å². The van der Waals surface area contributed by atoms with E-state index in [0.717, 1.165) is 29.7 Å². The topological polar surface area (TPSA) is 46.3 Å². The van der Waals surface area contributed by atoms with E-state index in [-0.39, 0.29) is 0 Å². The van der Waals surface area contributed by atoms with Crippen molar-refractivity contribution < 1.29 is 9.63 Å². The fourth-order valence-electron chi connectivity index (χ4n) is 4.58. The van der Waals surface area contributed by atoms with Gasteiger partial charge in [0.15, 0.2) is 5.76 Å². The highest BCUT2D eigenvalue weighted by Crippen LogP contribution is 2.44. The van der Waals surface area contributed by atoms with E-state index < -0.39 is 6.10 Å². The van der Waals surface area contributed by atoms with Gasteiger partial charge in [0.25, 0.3) is 0 Å². The Kier molecular flexibility index (Phi) is 5.91. The summed E-state index contributed by atoms with van der Waals surface area (Å²) in [6, 6.07) is 27.6. The third-order valence-electron chi connectivity index (χ3n) is 6.46. The third kappa shape index (κ3) is 4.39. The summed E-state index contributed by atoms with van der Waals surface area (Å²) in [6.07, 6.45) is 4.53. The molecule has 1 saturated carbocycles. The van der Waals surface area contributed by atoms with Crippen molar-refractivity contribution in [3.8, 4) is 22.5 Å². The Morgan fingerprint density at radius 2 is 1.59 bits per heavy atom. The molecule has 1 N–H and O–H groups in total. The van der Waals surface area contributed by atoms with Gasteiger partial charge in [-0.05, 0) is 67.2 Å². The second-order valence-electron chi connectivity index (χ2n) is 8.84. The van der Waals surface area contributed by atoms with E-state index in [9.17, 15) is 5.11 Å². The summed E-state index contributed by atoms with van der Waals surface area (Å²) in [4.78, 5) is 0. The van der Waals surface area contributed by atoms with Crippen LogP contribution in [0.2, 0.25) is 0 Å². The van der Waals surface area contributed by atoms with Gasteiger partial charge in [-0.25, -0.2) is 0 Å². The molecule has 1 atom stereocenters. The van der Waals surface area contributed by atoms with Crippen LogP contribution in [-0.2, 0) is 6.42 Å². The Morgan fingerprint density at radius 1 is 0.906 bits per heavy atom. The van der Waals surface area contributed by atoms with E-state index in [1.807, 2.05) is 13.0 Å². The first-order valence-electron chi connectivity index (χ1n) is 11.6. The molecule has 1 heterocycles. The van der Waals surface area contributed by atoms with Crippen LogP contribution < -0.4 is 0 Å². The third-order valence-corrected chi connectivity index (χ3v) is 6.46. The van der Waals surface area contributed by atoms with Gasteiger partial charge in [-0.3, -0.25) is 0 Å². The fraction of sp³-hybridized carbons (Fsp3) is 0.276. The van der Waals surface area contributed by atoms with Gasteiger partial charge in [0, 0.05) is 5.56 Å². The molecule has 162 valence electrons. The predicted octanol–water partition coefficient (Wildman–Crippen LogP) is 7.25. The summed E-state index contributed by atoms with van der Waals surface area (Å²) in [5.74, 6) is 1.39. The first-order valence-corrected chi connectivity index (χ1v) is 11.6. The molecule has 32 heavy (non-hydrogen) atoms. The number of aromatic nitrogens is 1. The van der Waals surface area contributed by atoms with Crippen LogP contribution in [0.25, 0.3) is 22.5 Å². The monoisotopic (exact) mass is 423 g/mol. The van der Waals surface area contributed by atoms with Crippen molar-refractivity contribution >= 4 is 0 Å². The van der Waals surface area contributed by atoms with Gasteiger partial charge in [-0.2, -0.15) is 0 Å². The minimum absolute atomic E-state index is 0.588. The molecule has 1 aliphatic rings. The summed E-state index contributed by atoms with van der Waals surface area (Å²) >= 11 is 0. The van der Waals surface area contributed by atoms with Crippen molar-refractivity contribution in [2.75, 3.05) is 0 Å². The molecule has 1 aromatic heterocycles. The summed E-state index contributed by atoms with van der Waals surface area (Å²) < 4.78 is 5.67. The highest BCUT2D eigenvalue weighted by atomic mass is 16.5. The molecule has 1 fully saturated rings. The summed E-state index contributed by atoms with van der Waals surface area (Å²) in [5, 5.41) is 15.1. The van der Waals surface area contributed by atoms with Crippen LogP contribution in [0.15, 0.2) is 83.4 Å². The molecule has 3 aromatic carbocycles. The smallest absolute Gasteiger partial charge is 0.172 e. The minimum atomic E-state index is -0.588. The van der Waals surface area contributed by atoms with Crippen molar-refractivity contribution in [2.24, 2.45) is 0 Å². The molecule has 1 unspecified atom stereocenters. The molecular formula is C29H29NO2. The SMILES string of the molecule is Cc1noc(-c2ccc(-c3ccccc3C3CC3)cc2)c1C(O)CCCc1ccccc1. The fourth-order valence-corrected chi connectivity index (χ4v) is 4.58. The molecule has 0 aliphatic heterocycles. The van der Waals surface area contributed by atoms with Gasteiger partial charge < -0.3 is 9.63 Å². The highest BCUT2D eigenvalue weighted by Gasteiger charge is 2.26. The number of hydrogen-bond donors (Lipinski definition) is 1. The molecule has 3 nitrogen and oxygen atoms in total. The van der Waals surface area contributed by atoms with Crippen LogP contribution in [0.5, 0.6) is 0 Å². The number of aryl methyl sites for hydroxylation is 2. The van der Waals surface area contributed by atoms with E-state index in [4.69, 9.17) is 4.52 Å². The molecule has 0 amide bonds. The first-order chi connectivity index (χ1) is 15.7. The zero-order chi connectivity index (χ0) is 21.9. The maximum Gasteiger partial charge on any atom is 0.172 e. The molecule has 0 spiro atoms. The maximum atomic E-state index is 10.9. The van der Waals surface area contributed by atoms with Crippen molar-refractivity contribution in [3.63, 3.8) is 0 Å². The van der Waals surface area contributed by atoms with Crippen molar-refractivity contribution in [1.29, 1.82) is 0 Å². The normalized spacial score (nSPS) is 14.4. The minimum Gasteiger partial charge on any atom is -0.388 e. The lowest BCUT2D eigenvalue weighted by Crippen LogP contribution is -2.01. The lowest BCUT2D eigenvalue weighted by atomic mass is 9.94. The average molecular weight is 424 g/mol. The van der Waals surface area contributed by atoms with Gasteiger partial charge in [-0.1, -0.05) is 84.0 Å². The zero-order valence-electron chi connectivity index (χ0n) is 18.5. The molecule has 3 heteroatoms. The number of aliphatic hydroxyl groups is 1. The first kappa shape index (κ1) is 20.7. The van der Waals surface area contributed by atoms with E-state index >= 15 is 0 Å². The Balaban J connectivity index is 1.33. The number of aliphatic hydroxyl groups excluding tert-OH is 1. The zero-order valence-corrected chi connectivity index (χ0v) is 18.5. The summed E-state index contributed by atoms with van der Waals surface area (Å²) in [7, 11) is 0. The predicted molar refractivity (Wildman–Crippen MR) is 128 cm³/mol. The lowest BCUT2D eigenvalue weighted by molar-refractivity contribution is 0.164. The van der Waals surface area contributed by atoms with E-state index in [1.165, 1.54) is 35.1 Å². The highest BCUT2D eigenvalue weighted by molar-refractivity contribution is 5.72. The molecular weight excluding hydrogens is 394 g/mol. The maximum absolute atomic E-state index is 10.9. The molecule has 1 aliphatic carbocycles. The number of hydrogen-bond acceptors (Lipinski definition) is 3. The van der Waals surface area contributed by atoms with Gasteiger partial charge in [-0.15, -0.1) is 0 Å². The van der Waals surface area contributed by atoms with Crippen molar-refractivity contribution in [2.45, 2.75) is 51.0 Å². The quantitative estimate of drug-likeness (QED) is 0.325. The van der Waals surface area contributed by atoms with Crippen LogP contribution in [0.1, 0.15) is 60.1 Å². The molecule has 5 rings (SSSR count). The van der Waals surface area contributed by atoms with Gasteiger partial charge in [0.2, 0.25) is 0 Å². The number of nitrogens with zero attached hydrogens (tertiary/aromatic N) is 1. The van der Waals surface area contributed by atoms with Crippen LogP contribution in [0.4, 0.5) is 0 Å². The number of benzene rings is 3. The molecule has 4 aromatic rings. The van der Waals surface area contributed by atoms with Crippen molar-refractivity contribution in [3.05, 3.63) is 101 Å². The Hall–Kier alpha value is -3.17. The van der Waals surface area contributed by atoms with Crippen LogP contribution >= 0.6 is 0 Å². The van der Waals surface area contributed by atoms with Crippen LogP contribution in [0, 0.1) is 6.92 Å². The van der Waals surface area contributed by atoms with Crippen molar-refractivity contribution in [1.82, 2.24) is 5.16 Å². The van der Waals surface area contributed by atoms with Gasteiger partial charge in [0.1, 0.15) is 0 Å². The Bertz CT molecular complexity index is 1170. The van der Waals surface area contributed by atoms with E-state index in [0.29, 0.717) is 18.1 Å². The van der Waals surface area contributed by atoms with Gasteiger partial charge >= 0.3 is 0 Å². The summed E-state index contributed by atoms with van der Waals surface area (Å²) in [6.45, 7) is 1.91. The Labute approximate surface area is 189 Å². The lowest BCUT2D eigenvalue weighted by Gasteiger charge is -2.12. The largest absolute Gasteiger partial charge is 0.388 e. The molecule has 0 bridgehead atoms. The number of rotatable bonds is 8. The summed E-state index contributed by atoms with van der Waals surface area (Å²) in [5.41, 5.74) is 7.80. The molecule has 0 saturated heterocycles. The second kappa shape index (κ2) is 9.13. The van der Waals surface area contributed by atoms with Crippen LogP contribution in [-0.4, -0.2) is 10.3 Å². The second-order valence-corrected chi connectivity index (χ2v) is 8.84. The van der Waals surface area contributed by atoms with Crippen LogP contribution in [0.3, 0.4) is 0 Å². The van der Waals surface area contributed by atoms with Gasteiger partial charge in [0.05, 0.1) is 17.4 Å². The Morgan fingerprint density at radius 3 is 2.34 bits per heavy atom. The average Bonchev–Trinajstić information content (AvgIpc) is 3.61. The van der Waals surface area contributed by atoms with E-state index in [2.05, 4.69) is 78.0 Å².